The molecule has 0 atom stereocenters. The molecule has 15 heavy (non-hydrogen) atoms. The number of benzene rings is 1. The van der Waals surface area contributed by atoms with Gasteiger partial charge in [0.15, 0.2) is 0 Å². The van der Waals surface area contributed by atoms with Crippen LogP contribution in [0.4, 0.5) is 5.69 Å². The lowest BCUT2D eigenvalue weighted by Gasteiger charge is -2.18. The van der Waals surface area contributed by atoms with Crippen LogP contribution in [0, 0.1) is 5.41 Å². The molecule has 0 spiro atoms. The van der Waals surface area contributed by atoms with Crippen molar-refractivity contribution in [3.05, 3.63) is 22.7 Å². The lowest BCUT2D eigenvalue weighted by molar-refractivity contribution is 0.242. The van der Waals surface area contributed by atoms with Crippen LogP contribution in [0.2, 0.25) is 0 Å². The zero-order valence-electron chi connectivity index (χ0n) is 9.51. The van der Waals surface area contributed by atoms with Crippen molar-refractivity contribution in [1.29, 1.82) is 0 Å². The van der Waals surface area contributed by atoms with Gasteiger partial charge in [-0.25, -0.2) is 0 Å². The lowest BCUT2D eigenvalue weighted by Crippen LogP contribution is -2.11. The Morgan fingerprint density at radius 2 is 2.00 bits per heavy atom. The predicted molar refractivity (Wildman–Crippen MR) is 68.1 cm³/mol. The molecule has 1 aromatic rings. The van der Waals surface area contributed by atoms with Crippen molar-refractivity contribution in [1.82, 2.24) is 0 Å². The van der Waals surface area contributed by atoms with Gasteiger partial charge in [-0.05, 0) is 46.0 Å². The third kappa shape index (κ3) is 4.56. The number of hydrogen-bond donors (Lipinski definition) is 1. The van der Waals surface area contributed by atoms with Crippen LogP contribution in [-0.2, 0) is 0 Å². The maximum absolute atomic E-state index is 5.67. The average molecular weight is 272 g/mol. The quantitative estimate of drug-likeness (QED) is 0.848. The fourth-order valence-corrected chi connectivity index (χ4v) is 1.61. The minimum atomic E-state index is 0.306. The topological polar surface area (TPSA) is 35.2 Å². The summed E-state index contributed by atoms with van der Waals surface area (Å²) >= 11 is 3.42. The molecule has 0 heterocycles. The van der Waals surface area contributed by atoms with Gasteiger partial charge in [0, 0.05) is 5.69 Å². The van der Waals surface area contributed by atoms with E-state index >= 15 is 0 Å². The second kappa shape index (κ2) is 4.88. The zero-order valence-corrected chi connectivity index (χ0v) is 11.1. The molecule has 0 aliphatic heterocycles. The summed E-state index contributed by atoms with van der Waals surface area (Å²) in [6.07, 6.45) is 1.03. The molecular formula is C12H18BrNO. The van der Waals surface area contributed by atoms with Crippen molar-refractivity contribution in [2.45, 2.75) is 27.2 Å². The van der Waals surface area contributed by atoms with Gasteiger partial charge in [-0.3, -0.25) is 0 Å². The Morgan fingerprint density at radius 3 is 2.53 bits per heavy atom. The highest BCUT2D eigenvalue weighted by molar-refractivity contribution is 9.10. The van der Waals surface area contributed by atoms with E-state index in [-0.39, 0.29) is 0 Å². The maximum atomic E-state index is 5.67. The summed E-state index contributed by atoms with van der Waals surface area (Å²) in [6, 6.07) is 5.59. The minimum absolute atomic E-state index is 0.306. The van der Waals surface area contributed by atoms with E-state index in [1.54, 1.807) is 0 Å². The molecule has 1 aromatic carbocycles. The van der Waals surface area contributed by atoms with Crippen LogP contribution in [0.3, 0.4) is 0 Å². The molecule has 0 unspecified atom stereocenters. The Hall–Kier alpha value is -0.700. The molecule has 84 valence electrons. The summed E-state index contributed by atoms with van der Waals surface area (Å²) in [4.78, 5) is 0. The van der Waals surface area contributed by atoms with Gasteiger partial charge >= 0.3 is 0 Å². The summed E-state index contributed by atoms with van der Waals surface area (Å²) in [7, 11) is 0. The molecule has 0 aliphatic carbocycles. The van der Waals surface area contributed by atoms with E-state index in [1.807, 2.05) is 18.2 Å². The molecule has 2 nitrogen and oxygen atoms in total. The van der Waals surface area contributed by atoms with E-state index in [0.717, 1.165) is 28.9 Å². The van der Waals surface area contributed by atoms with Crippen LogP contribution < -0.4 is 10.5 Å². The summed E-state index contributed by atoms with van der Waals surface area (Å²) in [5.41, 5.74) is 6.69. The fourth-order valence-electron chi connectivity index (χ4n) is 1.10. The fraction of sp³-hybridized carbons (Fsp3) is 0.500. The number of rotatable bonds is 3. The maximum Gasteiger partial charge on any atom is 0.133 e. The standard InChI is InChI=1S/C12H18BrNO/c1-12(2,3)6-7-15-11-5-4-9(14)8-10(11)13/h4-5,8H,6-7,14H2,1-3H3. The van der Waals surface area contributed by atoms with Gasteiger partial charge in [0.05, 0.1) is 11.1 Å². The summed E-state index contributed by atoms with van der Waals surface area (Å²) in [5.74, 6) is 0.855. The van der Waals surface area contributed by atoms with Crippen LogP contribution in [0.5, 0.6) is 5.75 Å². The van der Waals surface area contributed by atoms with E-state index in [0.29, 0.717) is 5.41 Å². The molecule has 0 bridgehead atoms. The van der Waals surface area contributed by atoms with Crippen molar-refractivity contribution in [3.8, 4) is 5.75 Å². The monoisotopic (exact) mass is 271 g/mol. The molecule has 0 saturated carbocycles. The van der Waals surface area contributed by atoms with E-state index < -0.39 is 0 Å². The second-order valence-electron chi connectivity index (χ2n) is 4.85. The molecule has 0 saturated heterocycles. The molecule has 0 fully saturated rings. The highest BCUT2D eigenvalue weighted by Gasteiger charge is 2.10. The van der Waals surface area contributed by atoms with Gasteiger partial charge in [0.2, 0.25) is 0 Å². The number of halogens is 1. The van der Waals surface area contributed by atoms with Crippen LogP contribution >= 0.6 is 15.9 Å². The lowest BCUT2D eigenvalue weighted by atomic mass is 9.93. The smallest absolute Gasteiger partial charge is 0.133 e. The highest BCUT2D eigenvalue weighted by atomic mass is 79.9. The van der Waals surface area contributed by atoms with E-state index in [1.165, 1.54) is 0 Å². The summed E-state index contributed by atoms with van der Waals surface area (Å²) in [6.45, 7) is 7.34. The Morgan fingerprint density at radius 1 is 1.33 bits per heavy atom. The Balaban J connectivity index is 2.51. The van der Waals surface area contributed by atoms with Gasteiger partial charge < -0.3 is 10.5 Å². The minimum Gasteiger partial charge on any atom is -0.492 e. The summed E-state index contributed by atoms with van der Waals surface area (Å²) < 4.78 is 6.58. The Bertz CT molecular complexity index is 331. The van der Waals surface area contributed by atoms with E-state index in [4.69, 9.17) is 10.5 Å². The number of nitrogen functional groups attached to an aromatic ring is 1. The Labute approximate surface area is 99.9 Å². The predicted octanol–water partition coefficient (Wildman–Crippen LogP) is 3.85. The van der Waals surface area contributed by atoms with Crippen LogP contribution in [-0.4, -0.2) is 6.61 Å². The first kappa shape index (κ1) is 12.4. The first-order chi connectivity index (χ1) is 6.88. The van der Waals surface area contributed by atoms with Crippen molar-refractivity contribution < 1.29 is 4.74 Å². The Kier molecular flexibility index (Phi) is 4.03. The third-order valence-electron chi connectivity index (χ3n) is 2.07. The van der Waals surface area contributed by atoms with Crippen LogP contribution in [0.25, 0.3) is 0 Å². The number of hydrogen-bond acceptors (Lipinski definition) is 2. The molecule has 0 aliphatic rings. The summed E-state index contributed by atoms with van der Waals surface area (Å²) in [5, 5.41) is 0. The number of nitrogens with two attached hydrogens (primary N) is 1. The molecule has 0 amide bonds. The molecule has 0 radical (unpaired) electrons. The number of ether oxygens (including phenoxy) is 1. The zero-order chi connectivity index (χ0) is 11.5. The van der Waals surface area contributed by atoms with Gasteiger partial charge in [-0.2, -0.15) is 0 Å². The normalized spacial score (nSPS) is 11.5. The largest absolute Gasteiger partial charge is 0.492 e. The SMILES string of the molecule is CC(C)(C)CCOc1ccc(N)cc1Br. The molecule has 1 rings (SSSR count). The third-order valence-corrected chi connectivity index (χ3v) is 2.69. The van der Waals surface area contributed by atoms with E-state index in [9.17, 15) is 0 Å². The molecule has 2 N–H and O–H groups in total. The van der Waals surface area contributed by atoms with Crippen molar-refractivity contribution in [3.63, 3.8) is 0 Å². The van der Waals surface area contributed by atoms with Crippen LogP contribution in [0.1, 0.15) is 27.2 Å². The van der Waals surface area contributed by atoms with E-state index in [2.05, 4.69) is 36.7 Å². The first-order valence-corrected chi connectivity index (χ1v) is 5.86. The van der Waals surface area contributed by atoms with Crippen molar-refractivity contribution in [2.75, 3.05) is 12.3 Å². The second-order valence-corrected chi connectivity index (χ2v) is 5.70. The van der Waals surface area contributed by atoms with Crippen molar-refractivity contribution >= 4 is 21.6 Å². The molecule has 3 heteroatoms. The van der Waals surface area contributed by atoms with Gasteiger partial charge in [-0.15, -0.1) is 0 Å². The molecule has 0 aromatic heterocycles. The van der Waals surface area contributed by atoms with Gasteiger partial charge in [0.1, 0.15) is 5.75 Å². The van der Waals surface area contributed by atoms with Crippen LogP contribution in [0.15, 0.2) is 22.7 Å². The van der Waals surface area contributed by atoms with Gasteiger partial charge in [-0.1, -0.05) is 20.8 Å². The van der Waals surface area contributed by atoms with Crippen molar-refractivity contribution in [2.24, 2.45) is 5.41 Å². The average Bonchev–Trinajstić information content (AvgIpc) is 2.07. The molecular weight excluding hydrogens is 254 g/mol. The van der Waals surface area contributed by atoms with Gasteiger partial charge in [0.25, 0.3) is 0 Å². The number of anilines is 1. The first-order valence-electron chi connectivity index (χ1n) is 5.06. The highest BCUT2D eigenvalue weighted by Crippen LogP contribution is 2.28.